The second-order valence-electron chi connectivity index (χ2n) is 7.47. The molecule has 6 heteroatoms. The Labute approximate surface area is 170 Å². The van der Waals surface area contributed by atoms with Crippen molar-refractivity contribution in [3.63, 3.8) is 0 Å². The van der Waals surface area contributed by atoms with E-state index in [2.05, 4.69) is 23.8 Å². The largest absolute Gasteiger partial charge is 0.301 e. The Kier molecular flexibility index (Phi) is 5.49. The maximum Gasteiger partial charge on any atom is 0.123 e. The van der Waals surface area contributed by atoms with Crippen molar-refractivity contribution in [3.05, 3.63) is 71.1 Å². The molecule has 0 spiro atoms. The van der Waals surface area contributed by atoms with E-state index in [1.807, 2.05) is 35.1 Å². The lowest BCUT2D eigenvalue weighted by atomic mass is 10.1. The molecule has 4 nitrogen and oxygen atoms in total. The minimum Gasteiger partial charge on any atom is -0.301 e. The van der Waals surface area contributed by atoms with Crippen LogP contribution in [0.2, 0.25) is 5.02 Å². The first-order valence-electron chi connectivity index (χ1n) is 9.53. The van der Waals surface area contributed by atoms with E-state index in [4.69, 9.17) is 16.7 Å². The summed E-state index contributed by atoms with van der Waals surface area (Å²) in [6, 6.07) is 14.7. The molecule has 2 heterocycles. The third kappa shape index (κ3) is 3.97. The molecule has 2 aromatic carbocycles. The molecule has 4 rings (SSSR count). The first-order chi connectivity index (χ1) is 13.5. The van der Waals surface area contributed by atoms with Gasteiger partial charge in [-0.15, -0.1) is 0 Å². The summed E-state index contributed by atoms with van der Waals surface area (Å²) in [5.74, 6) is -0.256. The predicted octanol–water partition coefficient (Wildman–Crippen LogP) is 4.47. The van der Waals surface area contributed by atoms with Crippen LogP contribution < -0.4 is 0 Å². The monoisotopic (exact) mass is 398 g/mol. The van der Waals surface area contributed by atoms with E-state index in [1.54, 1.807) is 12.1 Å². The van der Waals surface area contributed by atoms with Gasteiger partial charge in [-0.2, -0.15) is 5.10 Å². The molecule has 1 fully saturated rings. The number of halogens is 2. The van der Waals surface area contributed by atoms with E-state index in [0.717, 1.165) is 48.7 Å². The number of aromatic nitrogens is 2. The van der Waals surface area contributed by atoms with Crippen molar-refractivity contribution in [1.29, 1.82) is 0 Å². The molecular weight excluding hydrogens is 375 g/mol. The average molecular weight is 399 g/mol. The molecule has 1 aromatic heterocycles. The zero-order valence-corrected chi connectivity index (χ0v) is 16.9. The number of hydrogen-bond donors (Lipinski definition) is 0. The highest BCUT2D eigenvalue weighted by atomic mass is 35.5. The zero-order valence-electron chi connectivity index (χ0n) is 16.1. The Hall–Kier alpha value is -2.21. The minimum absolute atomic E-state index is 0.256. The molecule has 1 aliphatic heterocycles. The van der Waals surface area contributed by atoms with Gasteiger partial charge >= 0.3 is 0 Å². The summed E-state index contributed by atoms with van der Waals surface area (Å²) in [5, 5.41) is 5.49. The highest BCUT2D eigenvalue weighted by molar-refractivity contribution is 6.33. The van der Waals surface area contributed by atoms with Gasteiger partial charge < -0.3 is 4.90 Å². The van der Waals surface area contributed by atoms with Crippen LogP contribution >= 0.6 is 11.6 Å². The van der Waals surface area contributed by atoms with Crippen molar-refractivity contribution >= 4 is 11.6 Å². The van der Waals surface area contributed by atoms with Gasteiger partial charge in [0.25, 0.3) is 0 Å². The first kappa shape index (κ1) is 19.1. The predicted molar refractivity (Wildman–Crippen MR) is 111 cm³/mol. The second-order valence-corrected chi connectivity index (χ2v) is 7.88. The SMILES string of the molecule is C[C@H]1CN(Cc2cn(-c3ccc(F)cc3)nc2-c2ccccc2Cl)CCN1C. The highest BCUT2D eigenvalue weighted by Crippen LogP contribution is 2.31. The fourth-order valence-electron chi connectivity index (χ4n) is 3.64. The summed E-state index contributed by atoms with van der Waals surface area (Å²) >= 11 is 6.47. The van der Waals surface area contributed by atoms with Gasteiger partial charge in [-0.05, 0) is 44.3 Å². The van der Waals surface area contributed by atoms with Crippen LogP contribution in [0.1, 0.15) is 12.5 Å². The number of rotatable bonds is 4. The second kappa shape index (κ2) is 8.03. The Morgan fingerprint density at radius 3 is 2.57 bits per heavy atom. The highest BCUT2D eigenvalue weighted by Gasteiger charge is 2.23. The zero-order chi connectivity index (χ0) is 19.7. The molecule has 0 aliphatic carbocycles. The molecule has 0 bridgehead atoms. The molecule has 3 aromatic rings. The van der Waals surface area contributed by atoms with Crippen molar-refractivity contribution in [3.8, 4) is 16.9 Å². The molecule has 28 heavy (non-hydrogen) atoms. The number of hydrogen-bond acceptors (Lipinski definition) is 3. The molecule has 0 amide bonds. The van der Waals surface area contributed by atoms with E-state index in [-0.39, 0.29) is 5.82 Å². The van der Waals surface area contributed by atoms with E-state index in [0.29, 0.717) is 11.1 Å². The summed E-state index contributed by atoms with van der Waals surface area (Å²) < 4.78 is 15.1. The van der Waals surface area contributed by atoms with Crippen LogP contribution in [0.4, 0.5) is 4.39 Å². The Bertz CT molecular complexity index is 953. The normalized spacial score (nSPS) is 18.5. The Balaban J connectivity index is 1.71. The smallest absolute Gasteiger partial charge is 0.123 e. The van der Waals surface area contributed by atoms with Crippen molar-refractivity contribution in [2.24, 2.45) is 0 Å². The van der Waals surface area contributed by atoms with E-state index in [9.17, 15) is 4.39 Å². The summed E-state index contributed by atoms with van der Waals surface area (Å²) in [6.07, 6.45) is 2.04. The van der Waals surface area contributed by atoms with Gasteiger partial charge in [-0.3, -0.25) is 4.90 Å². The molecule has 0 N–H and O–H groups in total. The van der Waals surface area contributed by atoms with Crippen LogP contribution in [0, 0.1) is 5.82 Å². The van der Waals surface area contributed by atoms with Gasteiger partial charge in [0.15, 0.2) is 0 Å². The van der Waals surface area contributed by atoms with Crippen LogP contribution in [0.5, 0.6) is 0 Å². The number of likely N-dealkylation sites (N-methyl/N-ethyl adjacent to an activating group) is 1. The molecule has 0 saturated carbocycles. The maximum absolute atomic E-state index is 13.3. The summed E-state index contributed by atoms with van der Waals surface area (Å²) in [7, 11) is 2.17. The topological polar surface area (TPSA) is 24.3 Å². The summed E-state index contributed by atoms with van der Waals surface area (Å²) in [4.78, 5) is 4.84. The molecule has 1 saturated heterocycles. The molecule has 1 aliphatic rings. The molecule has 146 valence electrons. The van der Waals surface area contributed by atoms with E-state index in [1.165, 1.54) is 12.1 Å². The average Bonchev–Trinajstić information content (AvgIpc) is 3.09. The summed E-state index contributed by atoms with van der Waals surface area (Å²) in [5.41, 5.74) is 3.74. The van der Waals surface area contributed by atoms with Gasteiger partial charge in [0.2, 0.25) is 0 Å². The number of benzene rings is 2. The van der Waals surface area contributed by atoms with Crippen molar-refractivity contribution in [2.75, 3.05) is 26.7 Å². The lowest BCUT2D eigenvalue weighted by Crippen LogP contribution is -2.49. The van der Waals surface area contributed by atoms with Crippen molar-refractivity contribution in [1.82, 2.24) is 19.6 Å². The molecule has 1 atom stereocenters. The van der Waals surface area contributed by atoms with Crippen molar-refractivity contribution in [2.45, 2.75) is 19.5 Å². The third-order valence-electron chi connectivity index (χ3n) is 5.45. The van der Waals surface area contributed by atoms with Gasteiger partial charge in [0.05, 0.1) is 16.4 Å². The summed E-state index contributed by atoms with van der Waals surface area (Å²) in [6.45, 7) is 6.14. The van der Waals surface area contributed by atoms with Gasteiger partial charge in [-0.25, -0.2) is 9.07 Å². The minimum atomic E-state index is -0.256. The molecule has 0 radical (unpaired) electrons. The van der Waals surface area contributed by atoms with Gasteiger partial charge in [-0.1, -0.05) is 29.8 Å². The van der Waals surface area contributed by atoms with Crippen LogP contribution in [0.15, 0.2) is 54.7 Å². The van der Waals surface area contributed by atoms with E-state index < -0.39 is 0 Å². The lowest BCUT2D eigenvalue weighted by molar-refractivity contribution is 0.100. The van der Waals surface area contributed by atoms with Gasteiger partial charge in [0.1, 0.15) is 5.82 Å². The maximum atomic E-state index is 13.3. The molecule has 0 unspecified atom stereocenters. The fourth-order valence-corrected chi connectivity index (χ4v) is 3.87. The van der Waals surface area contributed by atoms with Crippen LogP contribution in [0.3, 0.4) is 0 Å². The van der Waals surface area contributed by atoms with Gasteiger partial charge in [0, 0.05) is 49.5 Å². The van der Waals surface area contributed by atoms with E-state index >= 15 is 0 Å². The van der Waals surface area contributed by atoms with Crippen molar-refractivity contribution < 1.29 is 4.39 Å². The number of nitrogens with zero attached hydrogens (tertiary/aromatic N) is 4. The first-order valence-corrected chi connectivity index (χ1v) is 9.91. The Morgan fingerprint density at radius 1 is 1.11 bits per heavy atom. The standard InChI is InChI=1S/C22H24ClFN4/c1-16-13-27(12-11-26(16)2)14-17-15-28(19-9-7-18(24)8-10-19)25-22(17)20-5-3-4-6-21(20)23/h3-10,15-16H,11-14H2,1-2H3/t16-/m0/s1. The fraction of sp³-hybridized carbons (Fsp3) is 0.318. The quantitative estimate of drug-likeness (QED) is 0.648. The Morgan fingerprint density at radius 2 is 1.86 bits per heavy atom. The van der Waals surface area contributed by atoms with Crippen LogP contribution in [0.25, 0.3) is 16.9 Å². The third-order valence-corrected chi connectivity index (χ3v) is 5.78. The molecular formula is C22H24ClFN4. The lowest BCUT2D eigenvalue weighted by Gasteiger charge is -2.37. The van der Waals surface area contributed by atoms with Crippen LogP contribution in [-0.4, -0.2) is 52.3 Å². The van der Waals surface area contributed by atoms with Crippen LogP contribution in [-0.2, 0) is 6.54 Å². The number of piperazine rings is 1.